The quantitative estimate of drug-likeness (QED) is 0.581. The van der Waals surface area contributed by atoms with Gasteiger partial charge < -0.3 is 4.74 Å². The third-order valence-corrected chi connectivity index (χ3v) is 4.47. The van der Waals surface area contributed by atoms with Gasteiger partial charge in [-0.05, 0) is 0 Å². The molecule has 0 saturated heterocycles. The van der Waals surface area contributed by atoms with E-state index in [0.717, 1.165) is 4.31 Å². The molecule has 0 spiro atoms. The van der Waals surface area contributed by atoms with E-state index in [9.17, 15) is 13.2 Å². The Balaban J connectivity index is 4.58. The van der Waals surface area contributed by atoms with Crippen LogP contribution in [0.2, 0.25) is 0 Å². The van der Waals surface area contributed by atoms with Crippen LogP contribution in [0.1, 0.15) is 19.8 Å². The molecule has 0 saturated carbocycles. The highest BCUT2D eigenvalue weighted by Crippen LogP contribution is 2.07. The van der Waals surface area contributed by atoms with Gasteiger partial charge in [0.15, 0.2) is 0 Å². The molecule has 0 N–H and O–H groups in total. The third-order valence-electron chi connectivity index (χ3n) is 2.40. The summed E-state index contributed by atoms with van der Waals surface area (Å²) in [5, 5.41) is 8.48. The molecule has 0 aromatic rings. The number of methoxy groups -OCH3 is 1. The SMILES string of the molecule is CCN(CCC#N)S(=O)(=O)N(C)CCC(=O)OC. The van der Waals surface area contributed by atoms with Crippen LogP contribution in [-0.4, -0.2) is 56.8 Å². The number of rotatable bonds is 8. The first-order chi connectivity index (χ1) is 8.39. The summed E-state index contributed by atoms with van der Waals surface area (Å²) < 4.78 is 30.9. The van der Waals surface area contributed by atoms with E-state index in [2.05, 4.69) is 4.74 Å². The molecule has 0 unspecified atom stereocenters. The molecule has 0 aliphatic rings. The van der Waals surface area contributed by atoms with Gasteiger partial charge in [-0.15, -0.1) is 0 Å². The molecule has 0 bridgehead atoms. The van der Waals surface area contributed by atoms with Crippen molar-refractivity contribution in [3.05, 3.63) is 0 Å². The van der Waals surface area contributed by atoms with Crippen molar-refractivity contribution in [1.82, 2.24) is 8.61 Å². The lowest BCUT2D eigenvalue weighted by Gasteiger charge is -2.25. The summed E-state index contributed by atoms with van der Waals surface area (Å²) in [4.78, 5) is 11.0. The van der Waals surface area contributed by atoms with Crippen molar-refractivity contribution in [3.63, 3.8) is 0 Å². The smallest absolute Gasteiger partial charge is 0.306 e. The summed E-state index contributed by atoms with van der Waals surface area (Å²) in [6.45, 7) is 2.19. The number of esters is 1. The second-order valence-electron chi connectivity index (χ2n) is 3.56. The number of hydrogen-bond acceptors (Lipinski definition) is 5. The Bertz CT molecular complexity index is 402. The Morgan fingerprint density at radius 2 is 2.00 bits per heavy atom. The van der Waals surface area contributed by atoms with Crippen LogP contribution < -0.4 is 0 Å². The second kappa shape index (κ2) is 8.02. The molecule has 0 rings (SSSR count). The van der Waals surface area contributed by atoms with Crippen LogP contribution in [0.4, 0.5) is 0 Å². The first-order valence-corrected chi connectivity index (χ1v) is 6.95. The van der Waals surface area contributed by atoms with Gasteiger partial charge in [-0.3, -0.25) is 4.79 Å². The number of ether oxygens (including phenoxy) is 1. The van der Waals surface area contributed by atoms with Crippen LogP contribution in [0.3, 0.4) is 0 Å². The van der Waals surface area contributed by atoms with Crippen molar-refractivity contribution in [3.8, 4) is 6.07 Å². The average Bonchev–Trinajstić information content (AvgIpc) is 2.35. The molecule has 0 aliphatic heterocycles. The van der Waals surface area contributed by atoms with E-state index in [1.807, 2.05) is 6.07 Å². The molecule has 0 aromatic carbocycles. The maximum atomic E-state index is 12.1. The minimum atomic E-state index is -3.62. The maximum absolute atomic E-state index is 12.1. The van der Waals surface area contributed by atoms with Crippen molar-refractivity contribution in [1.29, 1.82) is 5.26 Å². The maximum Gasteiger partial charge on any atom is 0.306 e. The van der Waals surface area contributed by atoms with Crippen molar-refractivity contribution in [2.24, 2.45) is 0 Å². The lowest BCUT2D eigenvalue weighted by molar-refractivity contribution is -0.140. The van der Waals surface area contributed by atoms with Gasteiger partial charge in [0.2, 0.25) is 0 Å². The third kappa shape index (κ3) is 5.00. The van der Waals surface area contributed by atoms with Crippen LogP contribution in [-0.2, 0) is 19.7 Å². The van der Waals surface area contributed by atoms with Gasteiger partial charge in [0, 0.05) is 33.1 Å². The number of nitrogens with zero attached hydrogens (tertiary/aromatic N) is 3. The molecule has 0 heterocycles. The van der Waals surface area contributed by atoms with Crippen molar-refractivity contribution >= 4 is 16.2 Å². The normalized spacial score (nSPS) is 11.6. The summed E-state index contributed by atoms with van der Waals surface area (Å²) in [7, 11) is -0.971. The number of nitriles is 1. The van der Waals surface area contributed by atoms with E-state index in [1.54, 1.807) is 6.92 Å². The zero-order valence-electron chi connectivity index (χ0n) is 10.9. The molecule has 104 valence electrons. The number of hydrogen-bond donors (Lipinski definition) is 0. The zero-order chi connectivity index (χ0) is 14.2. The van der Waals surface area contributed by atoms with Gasteiger partial charge in [0.05, 0.1) is 19.6 Å². The number of carbonyl (C=O) groups is 1. The molecule has 0 aromatic heterocycles. The highest BCUT2D eigenvalue weighted by Gasteiger charge is 2.25. The molecular formula is C10H19N3O4S. The Hall–Kier alpha value is -1.17. The van der Waals surface area contributed by atoms with Gasteiger partial charge in [-0.2, -0.15) is 22.3 Å². The summed E-state index contributed by atoms with van der Waals surface area (Å²) in [5.41, 5.74) is 0. The van der Waals surface area contributed by atoms with Crippen molar-refractivity contribution < 1.29 is 17.9 Å². The summed E-state index contributed by atoms with van der Waals surface area (Å²) in [6.07, 6.45) is 0.139. The summed E-state index contributed by atoms with van der Waals surface area (Å²) in [5.74, 6) is -0.461. The Morgan fingerprint density at radius 3 is 2.44 bits per heavy atom. The summed E-state index contributed by atoms with van der Waals surface area (Å²) in [6, 6.07) is 1.90. The lowest BCUT2D eigenvalue weighted by atomic mass is 10.4. The fourth-order valence-electron chi connectivity index (χ4n) is 1.27. The van der Waals surface area contributed by atoms with E-state index >= 15 is 0 Å². The molecule has 0 aliphatic carbocycles. The fraction of sp³-hybridized carbons (Fsp3) is 0.800. The van der Waals surface area contributed by atoms with Crippen LogP contribution in [0.25, 0.3) is 0 Å². The van der Waals surface area contributed by atoms with E-state index in [0.29, 0.717) is 0 Å². The van der Waals surface area contributed by atoms with Crippen molar-refractivity contribution in [2.75, 3.05) is 33.8 Å². The molecule has 0 amide bonds. The van der Waals surface area contributed by atoms with E-state index < -0.39 is 16.2 Å². The van der Waals surface area contributed by atoms with Gasteiger partial charge in [0.1, 0.15) is 0 Å². The Kier molecular flexibility index (Phi) is 7.50. The largest absolute Gasteiger partial charge is 0.469 e. The average molecular weight is 277 g/mol. The van der Waals surface area contributed by atoms with Crippen LogP contribution in [0.15, 0.2) is 0 Å². The standard InChI is InChI=1S/C10H19N3O4S/c1-4-13(8-5-7-11)18(15,16)12(2)9-6-10(14)17-3/h4-6,8-9H2,1-3H3. The fourth-order valence-corrected chi connectivity index (χ4v) is 2.64. The topological polar surface area (TPSA) is 90.7 Å². The molecule has 0 radical (unpaired) electrons. The zero-order valence-corrected chi connectivity index (χ0v) is 11.7. The van der Waals surface area contributed by atoms with Crippen LogP contribution in [0.5, 0.6) is 0 Å². The molecule has 8 heteroatoms. The molecule has 18 heavy (non-hydrogen) atoms. The van der Waals surface area contributed by atoms with E-state index in [-0.39, 0.29) is 32.5 Å². The Morgan fingerprint density at radius 1 is 1.39 bits per heavy atom. The predicted molar refractivity (Wildman–Crippen MR) is 65.7 cm³/mol. The molecule has 0 atom stereocenters. The summed E-state index contributed by atoms with van der Waals surface area (Å²) >= 11 is 0. The molecule has 7 nitrogen and oxygen atoms in total. The Labute approximate surface area is 108 Å². The second-order valence-corrected chi connectivity index (χ2v) is 5.59. The van der Waals surface area contributed by atoms with Crippen LogP contribution >= 0.6 is 0 Å². The lowest BCUT2D eigenvalue weighted by Crippen LogP contribution is -2.43. The van der Waals surface area contributed by atoms with Crippen LogP contribution in [0, 0.1) is 11.3 Å². The predicted octanol–water partition coefficient (Wildman–Crippen LogP) is -0.0383. The molecule has 0 fully saturated rings. The van der Waals surface area contributed by atoms with E-state index in [4.69, 9.17) is 5.26 Å². The first kappa shape index (κ1) is 16.8. The van der Waals surface area contributed by atoms with Gasteiger partial charge in [-0.25, -0.2) is 0 Å². The van der Waals surface area contributed by atoms with Gasteiger partial charge in [-0.1, -0.05) is 6.92 Å². The highest BCUT2D eigenvalue weighted by atomic mass is 32.2. The minimum Gasteiger partial charge on any atom is -0.469 e. The van der Waals surface area contributed by atoms with Crippen molar-refractivity contribution in [2.45, 2.75) is 19.8 Å². The van der Waals surface area contributed by atoms with Gasteiger partial charge in [0.25, 0.3) is 10.2 Å². The monoisotopic (exact) mass is 277 g/mol. The minimum absolute atomic E-state index is 0.00202. The van der Waals surface area contributed by atoms with Gasteiger partial charge >= 0.3 is 5.97 Å². The highest BCUT2D eigenvalue weighted by molar-refractivity contribution is 7.86. The molecular weight excluding hydrogens is 258 g/mol. The van der Waals surface area contributed by atoms with E-state index in [1.165, 1.54) is 18.5 Å². The number of carbonyl (C=O) groups excluding carboxylic acids is 1. The first-order valence-electron chi connectivity index (χ1n) is 5.55.